The number of alkyl halides is 3. The third kappa shape index (κ3) is 2.51. The molecule has 0 saturated carbocycles. The first-order valence-corrected chi connectivity index (χ1v) is 4.45. The molecule has 90 valence electrons. The summed E-state index contributed by atoms with van der Waals surface area (Å²) in [5.41, 5.74) is 2.47. The maximum absolute atomic E-state index is 12.8. The van der Waals surface area contributed by atoms with Crippen LogP contribution in [0.5, 0.6) is 0 Å². The molecule has 0 aliphatic rings. The van der Waals surface area contributed by atoms with Crippen LogP contribution >= 0.6 is 0 Å². The molecule has 1 atom stereocenters. The lowest BCUT2D eigenvalue weighted by Crippen LogP contribution is -2.39. The Morgan fingerprint density at radius 1 is 1.25 bits per heavy atom. The van der Waals surface area contributed by atoms with E-state index >= 15 is 0 Å². The maximum atomic E-state index is 12.8. The van der Waals surface area contributed by atoms with Crippen molar-refractivity contribution in [1.82, 2.24) is 0 Å². The predicted octanol–water partition coefficient (Wildman–Crippen LogP) is 2.01. The van der Waals surface area contributed by atoms with Crippen molar-refractivity contribution in [3.05, 3.63) is 35.1 Å². The predicted molar refractivity (Wildman–Crippen MR) is 50.0 cm³/mol. The van der Waals surface area contributed by atoms with Gasteiger partial charge in [0.1, 0.15) is 5.82 Å². The second-order valence-electron chi connectivity index (χ2n) is 3.76. The monoisotopic (exact) mass is 237 g/mol. The van der Waals surface area contributed by atoms with Crippen molar-refractivity contribution in [2.24, 2.45) is 5.73 Å². The van der Waals surface area contributed by atoms with Crippen molar-refractivity contribution in [2.75, 3.05) is 6.61 Å². The molecule has 6 heteroatoms. The largest absolute Gasteiger partial charge is 0.416 e. The van der Waals surface area contributed by atoms with Gasteiger partial charge in [0, 0.05) is 0 Å². The van der Waals surface area contributed by atoms with Crippen LogP contribution in [0.15, 0.2) is 18.2 Å². The van der Waals surface area contributed by atoms with Gasteiger partial charge in [-0.15, -0.1) is 0 Å². The summed E-state index contributed by atoms with van der Waals surface area (Å²) in [6.07, 6.45) is -4.70. The van der Waals surface area contributed by atoms with Gasteiger partial charge in [0.2, 0.25) is 0 Å². The molecule has 1 unspecified atom stereocenters. The highest BCUT2D eigenvalue weighted by atomic mass is 19.4. The van der Waals surface area contributed by atoms with Gasteiger partial charge in [0.25, 0.3) is 0 Å². The van der Waals surface area contributed by atoms with Crippen LogP contribution in [-0.4, -0.2) is 11.7 Å². The second kappa shape index (κ2) is 4.03. The molecule has 1 rings (SSSR count). The van der Waals surface area contributed by atoms with E-state index in [1.165, 1.54) is 6.92 Å². The second-order valence-corrected chi connectivity index (χ2v) is 3.76. The molecule has 0 amide bonds. The normalized spacial score (nSPS) is 15.9. The van der Waals surface area contributed by atoms with Gasteiger partial charge in [-0.25, -0.2) is 4.39 Å². The van der Waals surface area contributed by atoms with Crippen LogP contribution in [0.2, 0.25) is 0 Å². The van der Waals surface area contributed by atoms with Gasteiger partial charge in [-0.3, -0.25) is 0 Å². The maximum Gasteiger partial charge on any atom is 0.416 e. The van der Waals surface area contributed by atoms with E-state index in [1.54, 1.807) is 0 Å². The molecule has 0 heterocycles. The van der Waals surface area contributed by atoms with Crippen LogP contribution in [-0.2, 0) is 11.7 Å². The molecule has 0 radical (unpaired) electrons. The van der Waals surface area contributed by atoms with Crippen molar-refractivity contribution in [3.8, 4) is 0 Å². The topological polar surface area (TPSA) is 46.2 Å². The molecule has 0 fully saturated rings. The number of hydrogen-bond acceptors (Lipinski definition) is 2. The third-order valence-electron chi connectivity index (χ3n) is 2.23. The average Bonchev–Trinajstić information content (AvgIpc) is 2.16. The van der Waals surface area contributed by atoms with Crippen molar-refractivity contribution in [2.45, 2.75) is 18.6 Å². The van der Waals surface area contributed by atoms with Crippen molar-refractivity contribution < 1.29 is 22.7 Å². The van der Waals surface area contributed by atoms with Gasteiger partial charge in [0.05, 0.1) is 17.7 Å². The zero-order valence-electron chi connectivity index (χ0n) is 8.48. The minimum atomic E-state index is -4.70. The quantitative estimate of drug-likeness (QED) is 0.773. The smallest absolute Gasteiger partial charge is 0.394 e. The van der Waals surface area contributed by atoms with Crippen molar-refractivity contribution in [3.63, 3.8) is 0 Å². The Bertz CT molecular complexity index is 387. The first-order chi connectivity index (χ1) is 7.18. The number of hydrogen-bond donors (Lipinski definition) is 2. The van der Waals surface area contributed by atoms with Gasteiger partial charge in [-0.2, -0.15) is 13.2 Å². The van der Waals surface area contributed by atoms with E-state index in [2.05, 4.69) is 0 Å². The minimum Gasteiger partial charge on any atom is -0.394 e. The Morgan fingerprint density at radius 2 is 1.81 bits per heavy atom. The summed E-state index contributed by atoms with van der Waals surface area (Å²) in [6.45, 7) is 0.581. The van der Waals surface area contributed by atoms with E-state index in [9.17, 15) is 17.6 Å². The Balaban J connectivity index is 3.40. The first kappa shape index (κ1) is 12.9. The molecular weight excluding hydrogens is 226 g/mol. The molecule has 2 nitrogen and oxygen atoms in total. The molecule has 1 aromatic rings. The summed E-state index contributed by atoms with van der Waals surface area (Å²) in [6, 6.07) is 2.19. The molecule has 0 aliphatic heterocycles. The minimum absolute atomic E-state index is 0.330. The van der Waals surface area contributed by atoms with E-state index in [4.69, 9.17) is 10.8 Å². The van der Waals surface area contributed by atoms with Gasteiger partial charge in [-0.05, 0) is 24.6 Å². The van der Waals surface area contributed by atoms with Gasteiger partial charge >= 0.3 is 6.18 Å². The summed E-state index contributed by atoms with van der Waals surface area (Å²) >= 11 is 0. The molecule has 3 N–H and O–H groups in total. The van der Waals surface area contributed by atoms with E-state index < -0.39 is 29.7 Å². The highest BCUT2D eigenvalue weighted by Crippen LogP contribution is 2.36. The van der Waals surface area contributed by atoms with E-state index in [-0.39, 0.29) is 5.56 Å². The van der Waals surface area contributed by atoms with E-state index in [0.29, 0.717) is 6.07 Å². The third-order valence-corrected chi connectivity index (χ3v) is 2.23. The fraction of sp³-hybridized carbons (Fsp3) is 0.400. The zero-order chi connectivity index (χ0) is 12.6. The highest BCUT2D eigenvalue weighted by molar-refractivity contribution is 5.35. The molecule has 16 heavy (non-hydrogen) atoms. The zero-order valence-corrected chi connectivity index (χ0v) is 8.48. The van der Waals surface area contributed by atoms with Crippen LogP contribution in [0.25, 0.3) is 0 Å². The van der Waals surface area contributed by atoms with Crippen LogP contribution in [0, 0.1) is 5.82 Å². The highest BCUT2D eigenvalue weighted by Gasteiger charge is 2.38. The lowest BCUT2D eigenvalue weighted by Gasteiger charge is -2.26. The number of rotatable bonds is 2. The Labute approximate surface area is 89.7 Å². The fourth-order valence-electron chi connectivity index (χ4n) is 1.33. The molecule has 0 spiro atoms. The Kier molecular flexibility index (Phi) is 3.25. The van der Waals surface area contributed by atoms with E-state index in [1.807, 2.05) is 0 Å². The van der Waals surface area contributed by atoms with Crippen LogP contribution in [0.4, 0.5) is 17.6 Å². The molecule has 0 aromatic heterocycles. The van der Waals surface area contributed by atoms with Gasteiger partial charge in [-0.1, -0.05) is 6.07 Å². The Hall–Kier alpha value is -1.14. The SMILES string of the molecule is CC(N)(CO)c1ccc(F)cc1C(F)(F)F. The van der Waals surface area contributed by atoms with Crippen LogP contribution in [0.3, 0.4) is 0 Å². The van der Waals surface area contributed by atoms with Crippen molar-refractivity contribution in [1.29, 1.82) is 0 Å². The van der Waals surface area contributed by atoms with Crippen LogP contribution < -0.4 is 5.73 Å². The lowest BCUT2D eigenvalue weighted by atomic mass is 9.89. The number of aliphatic hydroxyl groups is 1. The number of benzene rings is 1. The summed E-state index contributed by atoms with van der Waals surface area (Å²) in [5, 5.41) is 8.92. The van der Waals surface area contributed by atoms with Gasteiger partial charge in [0.15, 0.2) is 0 Å². The van der Waals surface area contributed by atoms with Gasteiger partial charge < -0.3 is 10.8 Å². The molecule has 0 aliphatic carbocycles. The Morgan fingerprint density at radius 3 is 2.25 bits per heavy atom. The summed E-state index contributed by atoms with van der Waals surface area (Å²) in [5.74, 6) is -0.996. The fourth-order valence-corrected chi connectivity index (χ4v) is 1.33. The molecule has 1 aromatic carbocycles. The molecule has 0 bridgehead atoms. The number of aliphatic hydroxyl groups excluding tert-OH is 1. The first-order valence-electron chi connectivity index (χ1n) is 4.45. The summed E-state index contributed by atoms with van der Waals surface area (Å²) in [4.78, 5) is 0. The van der Waals surface area contributed by atoms with Crippen molar-refractivity contribution >= 4 is 0 Å². The standard InChI is InChI=1S/C10H11F4NO/c1-9(15,5-16)7-3-2-6(11)4-8(7)10(12,13)14/h2-4,16H,5,15H2,1H3. The van der Waals surface area contributed by atoms with E-state index in [0.717, 1.165) is 12.1 Å². The van der Waals surface area contributed by atoms with Crippen LogP contribution in [0.1, 0.15) is 18.1 Å². The number of nitrogens with two attached hydrogens (primary N) is 1. The lowest BCUT2D eigenvalue weighted by molar-refractivity contribution is -0.139. The summed E-state index contributed by atoms with van der Waals surface area (Å²) < 4.78 is 50.5. The number of halogens is 4. The summed E-state index contributed by atoms with van der Waals surface area (Å²) in [7, 11) is 0. The average molecular weight is 237 g/mol. The molecular formula is C10H11F4NO. The molecule has 0 saturated heterocycles.